The Labute approximate surface area is 231 Å². The first-order chi connectivity index (χ1) is 18.6. The fraction of sp³-hybridized carbons (Fsp3) is 0.333. The molecule has 4 aromatic rings. The molecule has 0 radical (unpaired) electrons. The number of hydrogen-bond donors (Lipinski definition) is 2. The maximum Gasteiger partial charge on any atom is 0.259 e. The van der Waals surface area contributed by atoms with Gasteiger partial charge in [-0.3, -0.25) is 9.59 Å². The fourth-order valence-electron chi connectivity index (χ4n) is 4.51. The van der Waals surface area contributed by atoms with Crippen molar-refractivity contribution in [3.63, 3.8) is 0 Å². The zero-order valence-corrected chi connectivity index (χ0v) is 23.6. The SMILES string of the molecule is CC(=O)c1csc(C2CCN(C(=O)c3c(-c4ccc(O)cc4)noc3C)CC2)n1.Cc1ccc(O)c(C)c1C. The summed E-state index contributed by atoms with van der Waals surface area (Å²) in [6, 6.07) is 10.2. The summed E-state index contributed by atoms with van der Waals surface area (Å²) in [4.78, 5) is 30.9. The summed E-state index contributed by atoms with van der Waals surface area (Å²) in [5.74, 6) is 1.16. The van der Waals surface area contributed by atoms with Crippen LogP contribution in [0.1, 0.15) is 74.0 Å². The number of phenols is 2. The van der Waals surface area contributed by atoms with E-state index in [0.717, 1.165) is 29.0 Å². The highest BCUT2D eigenvalue weighted by molar-refractivity contribution is 7.09. The number of phenolic OH excluding ortho intramolecular Hbond substituents is 2. The molecule has 1 saturated heterocycles. The van der Waals surface area contributed by atoms with Gasteiger partial charge in [-0.15, -0.1) is 11.3 Å². The highest BCUT2D eigenvalue weighted by Crippen LogP contribution is 2.33. The molecule has 2 aromatic heterocycles. The lowest BCUT2D eigenvalue weighted by Gasteiger charge is -2.31. The number of aromatic hydroxyl groups is 2. The van der Waals surface area contributed by atoms with E-state index < -0.39 is 0 Å². The van der Waals surface area contributed by atoms with Gasteiger partial charge in [0.05, 0.1) is 5.01 Å². The number of Topliss-reactive ketones (excluding diaryl/α,β-unsaturated/α-hetero) is 1. The van der Waals surface area contributed by atoms with Crippen LogP contribution in [0, 0.1) is 27.7 Å². The minimum Gasteiger partial charge on any atom is -0.508 e. The molecule has 204 valence electrons. The van der Waals surface area contributed by atoms with Crippen molar-refractivity contribution in [2.75, 3.05) is 13.1 Å². The molecule has 3 heterocycles. The minimum absolute atomic E-state index is 0.0233. The zero-order valence-electron chi connectivity index (χ0n) is 22.8. The second-order valence-electron chi connectivity index (χ2n) is 9.85. The lowest BCUT2D eigenvalue weighted by Crippen LogP contribution is -2.38. The van der Waals surface area contributed by atoms with Gasteiger partial charge in [0.15, 0.2) is 5.78 Å². The van der Waals surface area contributed by atoms with Crippen LogP contribution >= 0.6 is 11.3 Å². The maximum atomic E-state index is 13.2. The molecule has 0 aliphatic carbocycles. The van der Waals surface area contributed by atoms with Crippen LogP contribution in [-0.4, -0.2) is 50.0 Å². The number of aryl methyl sites for hydroxylation is 2. The number of nitrogens with zero attached hydrogens (tertiary/aromatic N) is 3. The summed E-state index contributed by atoms with van der Waals surface area (Å²) >= 11 is 1.51. The lowest BCUT2D eigenvalue weighted by molar-refractivity contribution is 0.0711. The Morgan fingerprint density at radius 3 is 2.23 bits per heavy atom. The van der Waals surface area contributed by atoms with E-state index >= 15 is 0 Å². The molecule has 1 amide bonds. The molecule has 0 saturated carbocycles. The molecule has 2 aromatic carbocycles. The molecular weight excluding hydrogens is 514 g/mol. The lowest BCUT2D eigenvalue weighted by atomic mass is 9.96. The van der Waals surface area contributed by atoms with E-state index in [1.54, 1.807) is 42.6 Å². The van der Waals surface area contributed by atoms with Crippen molar-refractivity contribution in [2.24, 2.45) is 0 Å². The van der Waals surface area contributed by atoms with Crippen LogP contribution in [-0.2, 0) is 0 Å². The van der Waals surface area contributed by atoms with Gasteiger partial charge in [0.25, 0.3) is 5.91 Å². The van der Waals surface area contributed by atoms with Gasteiger partial charge < -0.3 is 19.6 Å². The van der Waals surface area contributed by atoms with Gasteiger partial charge in [0.1, 0.15) is 34.2 Å². The van der Waals surface area contributed by atoms with Crippen molar-refractivity contribution >= 4 is 23.0 Å². The first-order valence-corrected chi connectivity index (χ1v) is 13.7. The number of aromatic nitrogens is 2. The van der Waals surface area contributed by atoms with Gasteiger partial charge >= 0.3 is 0 Å². The topological polar surface area (TPSA) is 117 Å². The Bertz CT molecular complexity index is 1450. The predicted octanol–water partition coefficient (Wildman–Crippen LogP) is 6.35. The number of piperidine rings is 1. The standard InChI is InChI=1S/C21H21N3O4S.C9H12O/c1-12(25)17-11-29-20(22-17)15-7-9-24(10-8-15)21(27)18-13(2)28-23-19(18)14-3-5-16(26)6-4-14;1-6-4-5-9(10)8(3)7(6)2/h3-6,11,15,26H,7-10H2,1-2H3;4-5,10H,1-3H3. The third-order valence-corrected chi connectivity index (χ3v) is 8.27. The minimum atomic E-state index is -0.103. The summed E-state index contributed by atoms with van der Waals surface area (Å²) in [6.45, 7) is 10.5. The highest BCUT2D eigenvalue weighted by atomic mass is 32.1. The van der Waals surface area contributed by atoms with Crippen LogP contribution in [0.4, 0.5) is 0 Å². The molecule has 9 heteroatoms. The smallest absolute Gasteiger partial charge is 0.259 e. The summed E-state index contributed by atoms with van der Waals surface area (Å²) in [5.41, 5.74) is 5.58. The average molecular weight is 548 g/mol. The van der Waals surface area contributed by atoms with E-state index in [9.17, 15) is 19.8 Å². The van der Waals surface area contributed by atoms with E-state index in [1.165, 1.54) is 29.4 Å². The third kappa shape index (κ3) is 6.20. The molecule has 0 spiro atoms. The first-order valence-electron chi connectivity index (χ1n) is 12.8. The summed E-state index contributed by atoms with van der Waals surface area (Å²) in [6.07, 6.45) is 1.60. The summed E-state index contributed by atoms with van der Waals surface area (Å²) in [5, 5.41) is 25.6. The predicted molar refractivity (Wildman–Crippen MR) is 151 cm³/mol. The number of hydrogen-bond acceptors (Lipinski definition) is 8. The Hall–Kier alpha value is -3.98. The second-order valence-corrected chi connectivity index (χ2v) is 10.7. The van der Waals surface area contributed by atoms with E-state index in [0.29, 0.717) is 41.6 Å². The molecule has 0 unspecified atom stereocenters. The number of likely N-dealkylation sites (tertiary alicyclic amines) is 1. The molecule has 0 atom stereocenters. The number of benzene rings is 2. The van der Waals surface area contributed by atoms with Crippen molar-refractivity contribution in [1.29, 1.82) is 0 Å². The summed E-state index contributed by atoms with van der Waals surface area (Å²) in [7, 11) is 0. The molecular formula is C30H33N3O5S. The Morgan fingerprint density at radius 2 is 1.64 bits per heavy atom. The maximum absolute atomic E-state index is 13.2. The van der Waals surface area contributed by atoms with Gasteiger partial charge in [-0.2, -0.15) is 0 Å². The average Bonchev–Trinajstić information content (AvgIpc) is 3.58. The molecule has 8 nitrogen and oxygen atoms in total. The molecule has 2 N–H and O–H groups in total. The summed E-state index contributed by atoms with van der Waals surface area (Å²) < 4.78 is 5.31. The number of rotatable bonds is 4. The number of amides is 1. The van der Waals surface area contributed by atoms with Crippen molar-refractivity contribution in [3.8, 4) is 22.8 Å². The van der Waals surface area contributed by atoms with Crippen molar-refractivity contribution in [3.05, 3.63) is 80.5 Å². The van der Waals surface area contributed by atoms with Crippen molar-refractivity contribution in [2.45, 2.75) is 53.4 Å². The van der Waals surface area contributed by atoms with E-state index in [-0.39, 0.29) is 23.4 Å². The number of carbonyl (C=O) groups is 2. The monoisotopic (exact) mass is 547 g/mol. The quantitative estimate of drug-likeness (QED) is 0.286. The second kappa shape index (κ2) is 11.8. The molecule has 39 heavy (non-hydrogen) atoms. The van der Waals surface area contributed by atoms with Gasteiger partial charge in [-0.25, -0.2) is 4.98 Å². The molecule has 5 rings (SSSR count). The number of ketones is 1. The van der Waals surface area contributed by atoms with Crippen molar-refractivity contribution < 1.29 is 24.3 Å². The van der Waals surface area contributed by atoms with Crippen LogP contribution in [0.25, 0.3) is 11.3 Å². The largest absolute Gasteiger partial charge is 0.508 e. The van der Waals surface area contributed by atoms with E-state index in [4.69, 9.17) is 4.52 Å². The highest BCUT2D eigenvalue weighted by Gasteiger charge is 2.30. The Morgan fingerprint density at radius 1 is 0.974 bits per heavy atom. The van der Waals surface area contributed by atoms with Crippen LogP contribution < -0.4 is 0 Å². The molecule has 1 aliphatic rings. The van der Waals surface area contributed by atoms with Gasteiger partial charge in [-0.05, 0) is 87.6 Å². The zero-order chi connectivity index (χ0) is 28.3. The third-order valence-electron chi connectivity index (χ3n) is 7.26. The van der Waals surface area contributed by atoms with Gasteiger partial charge in [0.2, 0.25) is 0 Å². The van der Waals surface area contributed by atoms with Crippen LogP contribution in [0.2, 0.25) is 0 Å². The number of thiazole rings is 1. The van der Waals surface area contributed by atoms with Crippen LogP contribution in [0.3, 0.4) is 0 Å². The molecule has 1 fully saturated rings. The number of carbonyl (C=O) groups excluding carboxylic acids is 2. The van der Waals surface area contributed by atoms with Crippen molar-refractivity contribution in [1.82, 2.24) is 15.0 Å². The van der Waals surface area contributed by atoms with Gasteiger partial charge in [-0.1, -0.05) is 11.2 Å². The van der Waals surface area contributed by atoms with Crippen LogP contribution in [0.5, 0.6) is 11.5 Å². The molecule has 1 aliphatic heterocycles. The Balaban J connectivity index is 0.000000298. The van der Waals surface area contributed by atoms with Crippen LogP contribution in [0.15, 0.2) is 46.3 Å². The van der Waals surface area contributed by atoms with Gasteiger partial charge in [0, 0.05) is 36.9 Å². The van der Waals surface area contributed by atoms with E-state index in [2.05, 4.69) is 10.1 Å². The molecule has 0 bridgehead atoms. The Kier molecular flexibility index (Phi) is 8.50. The normalized spacial score (nSPS) is 13.6. The van der Waals surface area contributed by atoms with E-state index in [1.807, 2.05) is 31.7 Å². The first kappa shape index (κ1) is 28.0. The fourth-order valence-corrected chi connectivity index (χ4v) is 5.54.